The molecular weight excluding hydrogens is 665 g/mol. The van der Waals surface area contributed by atoms with Crippen LogP contribution in [-0.4, -0.2) is 39.9 Å². The summed E-state index contributed by atoms with van der Waals surface area (Å²) in [5, 5.41) is -5.66. The maximum absolute atomic E-state index is 16.1. The molecule has 2 aliphatic carbocycles. The van der Waals surface area contributed by atoms with Gasteiger partial charge in [-0.2, -0.15) is 34.4 Å². The van der Waals surface area contributed by atoms with Crippen molar-refractivity contribution in [2.24, 2.45) is 17.8 Å². The number of fused-ring (bicyclic) bond motifs is 2. The van der Waals surface area contributed by atoms with E-state index in [-0.39, 0.29) is 39.7 Å². The maximum Gasteiger partial charge on any atom is 0.432 e. The fourth-order valence-electron chi connectivity index (χ4n) is 6.68. The van der Waals surface area contributed by atoms with E-state index in [2.05, 4.69) is 0 Å². The second-order valence-corrected chi connectivity index (χ2v) is 18.2. The topological polar surface area (TPSA) is 86.7 Å². The second-order valence-electron chi connectivity index (χ2n) is 12.0. The molecule has 3 aromatic carbocycles. The first-order valence-corrected chi connectivity index (χ1v) is 19.9. The molecule has 252 valence electrons. The Balaban J connectivity index is 1.49. The number of rotatable bonds is 15. The molecule has 0 N–H and O–H groups in total. The van der Waals surface area contributed by atoms with Crippen molar-refractivity contribution in [3.8, 4) is 0 Å². The lowest BCUT2D eigenvalue weighted by molar-refractivity contribution is -0.207. The summed E-state index contributed by atoms with van der Waals surface area (Å²) in [6, 6.07) is 23.5. The molecule has 13 heteroatoms. The monoisotopic (exact) mass is 702 g/mol. The van der Waals surface area contributed by atoms with E-state index in [0.717, 1.165) is 12.8 Å². The van der Waals surface area contributed by atoms with Gasteiger partial charge in [0.05, 0.1) is 11.9 Å². The maximum atomic E-state index is 16.1. The van der Waals surface area contributed by atoms with Gasteiger partial charge in [-0.25, -0.2) is 3.63 Å². The van der Waals surface area contributed by atoms with Crippen molar-refractivity contribution < 1.29 is 42.2 Å². The highest BCUT2D eigenvalue weighted by atomic mass is 32.3. The molecule has 0 amide bonds. The molecule has 0 saturated heterocycles. The smallest absolute Gasteiger partial charge is 0.266 e. The number of hydrogen-bond acceptors (Lipinski definition) is 6. The van der Waals surface area contributed by atoms with Crippen LogP contribution in [0.1, 0.15) is 51.9 Å². The molecular formula is C33H38F4O6S3. The van der Waals surface area contributed by atoms with Crippen molar-refractivity contribution >= 4 is 30.5 Å². The molecule has 2 aliphatic rings. The highest BCUT2D eigenvalue weighted by Crippen LogP contribution is 2.71. The molecule has 4 atom stereocenters. The lowest BCUT2D eigenvalue weighted by Crippen LogP contribution is -2.55. The van der Waals surface area contributed by atoms with E-state index in [1.165, 1.54) is 36.4 Å². The van der Waals surface area contributed by atoms with Crippen LogP contribution in [0.4, 0.5) is 17.6 Å². The van der Waals surface area contributed by atoms with Gasteiger partial charge in [-0.05, 0) is 84.2 Å². The Morgan fingerprint density at radius 2 is 1.20 bits per heavy atom. The van der Waals surface area contributed by atoms with Crippen LogP contribution in [0.5, 0.6) is 0 Å². The highest BCUT2D eigenvalue weighted by molar-refractivity contribution is 8.33. The minimum absolute atomic E-state index is 0.0422. The predicted octanol–water partition coefficient (Wildman–Crippen LogP) is 8.80. The summed E-state index contributed by atoms with van der Waals surface area (Å²) in [5.41, 5.74) is 0. The third kappa shape index (κ3) is 6.63. The van der Waals surface area contributed by atoms with Crippen LogP contribution in [0.25, 0.3) is 0 Å². The van der Waals surface area contributed by atoms with Gasteiger partial charge in [0.15, 0.2) is 0 Å². The Bertz CT molecular complexity index is 1580. The van der Waals surface area contributed by atoms with Gasteiger partial charge in [0.2, 0.25) is 0 Å². The fraction of sp³-hybridized carbons (Fsp3) is 0.455. The summed E-state index contributed by atoms with van der Waals surface area (Å²) in [6.45, 7) is 1.97. The van der Waals surface area contributed by atoms with Gasteiger partial charge in [0.1, 0.15) is 0 Å². The molecule has 0 aromatic heterocycles. The summed E-state index contributed by atoms with van der Waals surface area (Å²) >= 11 is 0. The normalized spacial score (nSPS) is 22.6. The molecule has 3 aromatic rings. The predicted molar refractivity (Wildman–Crippen MR) is 169 cm³/mol. The summed E-state index contributed by atoms with van der Waals surface area (Å²) in [5.74, 6) is -9.28. The fourth-order valence-corrected chi connectivity index (χ4v) is 13.2. The van der Waals surface area contributed by atoms with E-state index >= 15 is 17.6 Å². The molecule has 2 fully saturated rings. The lowest BCUT2D eigenvalue weighted by atomic mass is 9.82. The number of unbranched alkanes of at least 4 members (excludes halogenated alkanes) is 3. The van der Waals surface area contributed by atoms with Crippen molar-refractivity contribution in [1.29, 1.82) is 0 Å². The van der Waals surface area contributed by atoms with Crippen molar-refractivity contribution in [3.05, 3.63) is 91.0 Å². The molecule has 2 bridgehead atoms. The summed E-state index contributed by atoms with van der Waals surface area (Å²) < 4.78 is 128. The van der Waals surface area contributed by atoms with E-state index in [4.69, 9.17) is 7.81 Å². The third-order valence-electron chi connectivity index (χ3n) is 8.86. The average molecular weight is 703 g/mol. The number of alkyl halides is 4. The van der Waals surface area contributed by atoms with E-state index in [0.29, 0.717) is 12.8 Å². The molecule has 0 heterocycles. The van der Waals surface area contributed by atoms with E-state index in [1.807, 2.05) is 6.92 Å². The molecule has 5 rings (SSSR count). The molecule has 4 unspecified atom stereocenters. The van der Waals surface area contributed by atoms with E-state index < -0.39 is 65.6 Å². The zero-order valence-electron chi connectivity index (χ0n) is 25.3. The van der Waals surface area contributed by atoms with Gasteiger partial charge in [-0.1, -0.05) is 80.8 Å². The number of halogens is 4. The molecule has 6 nitrogen and oxygen atoms in total. The first-order chi connectivity index (χ1) is 21.7. The molecule has 46 heavy (non-hydrogen) atoms. The van der Waals surface area contributed by atoms with Gasteiger partial charge in [-0.3, -0.25) is 4.18 Å². The van der Waals surface area contributed by atoms with Crippen molar-refractivity contribution in [2.75, 3.05) is 5.75 Å². The van der Waals surface area contributed by atoms with Crippen molar-refractivity contribution in [3.63, 3.8) is 0 Å². The molecule has 0 aliphatic heterocycles. The van der Waals surface area contributed by atoms with Crippen LogP contribution in [-0.2, 0) is 28.0 Å². The van der Waals surface area contributed by atoms with Crippen LogP contribution in [0, 0.1) is 17.8 Å². The highest BCUT2D eigenvalue weighted by Gasteiger charge is 2.74. The Hall–Kier alpha value is -2.45. The standard InChI is InChI=1S/C33H38F4O6S3/c1-2-3-4-14-21-44(38,39)42-31-24-25-22-29(31)30(23-25)32(34,35)33(36,37)46(40,41)43-45(26-15-8-5-9-16-26,27-17-10-6-11-18-27)28-19-12-7-13-20-28/h5-13,15-20,25,29-31H,2-4,14,21-24H2,1H3. The van der Waals surface area contributed by atoms with Crippen molar-refractivity contribution in [2.45, 2.75) is 83.8 Å². The van der Waals surface area contributed by atoms with Crippen LogP contribution in [0.3, 0.4) is 0 Å². The zero-order chi connectivity index (χ0) is 33.2. The van der Waals surface area contributed by atoms with E-state index in [1.54, 1.807) is 54.6 Å². The first kappa shape index (κ1) is 34.9. The Kier molecular flexibility index (Phi) is 10.3. The third-order valence-corrected chi connectivity index (χ3v) is 15.4. The first-order valence-electron chi connectivity index (χ1n) is 15.4. The molecule has 0 spiro atoms. The zero-order valence-corrected chi connectivity index (χ0v) is 27.8. The summed E-state index contributed by atoms with van der Waals surface area (Å²) in [4.78, 5) is 0.646. The van der Waals surface area contributed by atoms with Crippen LogP contribution < -0.4 is 0 Å². The Morgan fingerprint density at radius 1 is 0.696 bits per heavy atom. The van der Waals surface area contributed by atoms with Gasteiger partial charge >= 0.3 is 21.3 Å². The molecule has 0 radical (unpaired) electrons. The van der Waals surface area contributed by atoms with Crippen LogP contribution in [0.2, 0.25) is 0 Å². The SMILES string of the molecule is CCCCCCS(=O)(=O)OC1CC2CC1C(C(F)(F)C(F)(F)S(=O)(=O)OS(c1ccccc1)(c1ccccc1)c1ccccc1)C2. The van der Waals surface area contributed by atoms with Gasteiger partial charge in [-0.15, -0.1) is 0 Å². The van der Waals surface area contributed by atoms with Gasteiger partial charge in [0.25, 0.3) is 10.1 Å². The quantitative estimate of drug-likeness (QED) is 0.0894. The Labute approximate surface area is 270 Å². The van der Waals surface area contributed by atoms with Crippen LogP contribution >= 0.6 is 10.3 Å². The number of hydrogen-bond donors (Lipinski definition) is 0. The minimum Gasteiger partial charge on any atom is -0.266 e. The summed E-state index contributed by atoms with van der Waals surface area (Å²) in [7, 11) is -14.0. The van der Waals surface area contributed by atoms with Crippen LogP contribution in [0.15, 0.2) is 106 Å². The Morgan fingerprint density at radius 3 is 1.65 bits per heavy atom. The number of benzene rings is 3. The van der Waals surface area contributed by atoms with E-state index in [9.17, 15) is 16.8 Å². The van der Waals surface area contributed by atoms with Gasteiger partial charge in [0, 0.05) is 20.6 Å². The minimum atomic E-state index is -6.35. The second kappa shape index (κ2) is 13.6. The lowest BCUT2D eigenvalue weighted by Gasteiger charge is -2.42. The molecule has 2 saturated carbocycles. The average Bonchev–Trinajstić information content (AvgIpc) is 3.64. The van der Waals surface area contributed by atoms with Crippen molar-refractivity contribution in [1.82, 2.24) is 0 Å². The summed E-state index contributed by atoms with van der Waals surface area (Å²) in [6.07, 6.45) is 1.25. The van der Waals surface area contributed by atoms with Gasteiger partial charge < -0.3 is 0 Å². The largest absolute Gasteiger partial charge is 0.432 e.